The van der Waals surface area contributed by atoms with Gasteiger partial charge in [-0.05, 0) is 48.6 Å². The van der Waals surface area contributed by atoms with Crippen LogP contribution in [0.1, 0.15) is 32.9 Å². The third-order valence-electron chi connectivity index (χ3n) is 3.77. The Morgan fingerprint density at radius 2 is 1.83 bits per heavy atom. The van der Waals surface area contributed by atoms with Gasteiger partial charge in [-0.25, -0.2) is 0 Å². The standard InChI is InChI=1S/C17H17N3O2S2/c21-15(14-8-5-11-24-14)19-17(23)18-13-7-2-1-6-12(13)16(22)20-9-3-4-10-20/h1-2,5-8,11H,3-4,9-10H2,(H2,18,19,21,23). The maximum absolute atomic E-state index is 12.6. The normalized spacial score (nSPS) is 13.6. The Hall–Kier alpha value is -2.25. The lowest BCUT2D eigenvalue weighted by atomic mass is 10.1. The van der Waals surface area contributed by atoms with Crippen LogP contribution in [0.3, 0.4) is 0 Å². The molecule has 1 aliphatic heterocycles. The third kappa shape index (κ3) is 3.80. The Bertz CT molecular complexity index is 753. The molecule has 1 fully saturated rings. The van der Waals surface area contributed by atoms with Crippen LogP contribution in [0.25, 0.3) is 0 Å². The van der Waals surface area contributed by atoms with Crippen LogP contribution >= 0.6 is 23.6 Å². The van der Waals surface area contributed by atoms with Crippen LogP contribution in [-0.2, 0) is 0 Å². The van der Waals surface area contributed by atoms with Gasteiger partial charge in [-0.3, -0.25) is 14.9 Å². The second kappa shape index (κ2) is 7.55. The quantitative estimate of drug-likeness (QED) is 0.827. The average Bonchev–Trinajstić information content (AvgIpc) is 3.28. The van der Waals surface area contributed by atoms with Crippen molar-refractivity contribution in [3.63, 3.8) is 0 Å². The van der Waals surface area contributed by atoms with E-state index in [4.69, 9.17) is 12.2 Å². The van der Waals surface area contributed by atoms with Crippen molar-refractivity contribution in [2.45, 2.75) is 12.8 Å². The van der Waals surface area contributed by atoms with E-state index in [1.54, 1.807) is 24.3 Å². The summed E-state index contributed by atoms with van der Waals surface area (Å²) >= 11 is 6.55. The summed E-state index contributed by atoms with van der Waals surface area (Å²) in [5.41, 5.74) is 1.16. The van der Waals surface area contributed by atoms with Crippen LogP contribution in [0.2, 0.25) is 0 Å². The minimum absolute atomic E-state index is 0.0111. The van der Waals surface area contributed by atoms with Crippen molar-refractivity contribution >= 4 is 46.2 Å². The molecule has 3 rings (SSSR count). The van der Waals surface area contributed by atoms with Crippen LogP contribution in [0.15, 0.2) is 41.8 Å². The zero-order chi connectivity index (χ0) is 16.9. The van der Waals surface area contributed by atoms with E-state index in [0.29, 0.717) is 16.1 Å². The van der Waals surface area contributed by atoms with Gasteiger partial charge in [-0.2, -0.15) is 0 Å². The highest BCUT2D eigenvalue weighted by Gasteiger charge is 2.22. The second-order valence-corrected chi connectivity index (χ2v) is 6.79. The smallest absolute Gasteiger partial charge is 0.267 e. The summed E-state index contributed by atoms with van der Waals surface area (Å²) in [5.74, 6) is -0.270. The minimum Gasteiger partial charge on any atom is -0.339 e. The molecule has 0 spiro atoms. The molecule has 2 aromatic rings. The number of benzene rings is 1. The number of amides is 2. The molecule has 1 aromatic heterocycles. The monoisotopic (exact) mass is 359 g/mol. The molecule has 1 aromatic carbocycles. The predicted octanol–water partition coefficient (Wildman–Crippen LogP) is 3.11. The Morgan fingerprint density at radius 3 is 2.54 bits per heavy atom. The van der Waals surface area contributed by atoms with Crippen molar-refractivity contribution in [1.82, 2.24) is 10.2 Å². The Balaban J connectivity index is 1.69. The number of hydrogen-bond donors (Lipinski definition) is 2. The van der Waals surface area contributed by atoms with Gasteiger partial charge < -0.3 is 10.2 Å². The van der Waals surface area contributed by atoms with Gasteiger partial charge in [0.05, 0.1) is 16.1 Å². The second-order valence-electron chi connectivity index (χ2n) is 5.43. The number of carbonyl (C=O) groups is 2. The highest BCUT2D eigenvalue weighted by molar-refractivity contribution is 7.80. The van der Waals surface area contributed by atoms with E-state index >= 15 is 0 Å². The van der Waals surface area contributed by atoms with Crippen LogP contribution < -0.4 is 10.6 Å². The van der Waals surface area contributed by atoms with Crippen molar-refractivity contribution in [3.05, 3.63) is 52.2 Å². The molecular formula is C17H17N3O2S2. The first-order valence-electron chi connectivity index (χ1n) is 7.69. The van der Waals surface area contributed by atoms with Crippen LogP contribution in [0.5, 0.6) is 0 Å². The van der Waals surface area contributed by atoms with E-state index in [-0.39, 0.29) is 16.9 Å². The van der Waals surface area contributed by atoms with E-state index in [9.17, 15) is 9.59 Å². The largest absolute Gasteiger partial charge is 0.339 e. The molecule has 24 heavy (non-hydrogen) atoms. The lowest BCUT2D eigenvalue weighted by molar-refractivity contribution is 0.0793. The minimum atomic E-state index is -0.258. The lowest BCUT2D eigenvalue weighted by Gasteiger charge is -2.18. The molecule has 0 aliphatic carbocycles. The molecule has 2 N–H and O–H groups in total. The number of nitrogens with one attached hydrogen (secondary N) is 2. The summed E-state index contributed by atoms with van der Waals surface area (Å²) < 4.78 is 0. The molecule has 0 atom stereocenters. The Morgan fingerprint density at radius 1 is 1.08 bits per heavy atom. The van der Waals surface area contributed by atoms with Crippen LogP contribution in [0.4, 0.5) is 5.69 Å². The number of carbonyl (C=O) groups excluding carboxylic acids is 2. The topological polar surface area (TPSA) is 61.4 Å². The highest BCUT2D eigenvalue weighted by atomic mass is 32.1. The summed E-state index contributed by atoms with van der Waals surface area (Å²) in [6, 6.07) is 10.7. The molecule has 2 heterocycles. The number of hydrogen-bond acceptors (Lipinski definition) is 4. The van der Waals surface area contributed by atoms with Gasteiger partial charge in [0.1, 0.15) is 0 Å². The van der Waals surface area contributed by atoms with Gasteiger partial charge in [0.2, 0.25) is 0 Å². The molecule has 1 saturated heterocycles. The molecule has 7 heteroatoms. The molecule has 0 saturated carbocycles. The Labute approximate surface area is 149 Å². The SMILES string of the molecule is O=C(NC(=S)Nc1ccccc1C(=O)N1CCCC1)c1cccs1. The van der Waals surface area contributed by atoms with Gasteiger partial charge in [-0.15, -0.1) is 11.3 Å². The zero-order valence-electron chi connectivity index (χ0n) is 13.0. The van der Waals surface area contributed by atoms with Crippen molar-refractivity contribution in [3.8, 4) is 0 Å². The Kier molecular flexibility index (Phi) is 5.22. The summed E-state index contributed by atoms with van der Waals surface area (Å²) in [6.07, 6.45) is 2.08. The van der Waals surface area contributed by atoms with Gasteiger partial charge in [0, 0.05) is 13.1 Å². The van der Waals surface area contributed by atoms with E-state index in [1.165, 1.54) is 11.3 Å². The summed E-state index contributed by atoms with van der Waals surface area (Å²) in [4.78, 5) is 27.1. The van der Waals surface area contributed by atoms with Gasteiger partial charge in [0.15, 0.2) is 5.11 Å². The van der Waals surface area contributed by atoms with Crippen LogP contribution in [0, 0.1) is 0 Å². The molecule has 0 radical (unpaired) electrons. The number of rotatable bonds is 3. The van der Waals surface area contributed by atoms with Gasteiger partial charge >= 0.3 is 0 Å². The number of likely N-dealkylation sites (tertiary alicyclic amines) is 1. The first-order chi connectivity index (χ1) is 11.6. The predicted molar refractivity (Wildman–Crippen MR) is 99.6 cm³/mol. The number of thiophene rings is 1. The average molecular weight is 359 g/mol. The van der Waals surface area contributed by atoms with Crippen molar-refractivity contribution < 1.29 is 9.59 Å². The van der Waals surface area contributed by atoms with Gasteiger partial charge in [-0.1, -0.05) is 18.2 Å². The van der Waals surface area contributed by atoms with E-state index in [0.717, 1.165) is 25.9 Å². The molecule has 124 valence electrons. The third-order valence-corrected chi connectivity index (χ3v) is 4.84. The summed E-state index contributed by atoms with van der Waals surface area (Å²) in [5, 5.41) is 7.60. The molecular weight excluding hydrogens is 342 g/mol. The molecule has 1 aliphatic rings. The number of anilines is 1. The fraction of sp³-hybridized carbons (Fsp3) is 0.235. The molecule has 5 nitrogen and oxygen atoms in total. The maximum Gasteiger partial charge on any atom is 0.267 e. The fourth-order valence-corrected chi connectivity index (χ4v) is 3.42. The van der Waals surface area contributed by atoms with Gasteiger partial charge in [0.25, 0.3) is 11.8 Å². The number of para-hydroxylation sites is 1. The van der Waals surface area contributed by atoms with E-state index < -0.39 is 0 Å². The zero-order valence-corrected chi connectivity index (χ0v) is 14.6. The van der Waals surface area contributed by atoms with E-state index in [2.05, 4.69) is 10.6 Å². The first-order valence-corrected chi connectivity index (χ1v) is 8.98. The van der Waals surface area contributed by atoms with Crippen LogP contribution in [-0.4, -0.2) is 34.9 Å². The lowest BCUT2D eigenvalue weighted by Crippen LogP contribution is -2.35. The summed E-state index contributed by atoms with van der Waals surface area (Å²) in [7, 11) is 0. The highest BCUT2D eigenvalue weighted by Crippen LogP contribution is 2.20. The maximum atomic E-state index is 12.6. The first kappa shape index (κ1) is 16.6. The van der Waals surface area contributed by atoms with Crippen molar-refractivity contribution in [2.75, 3.05) is 18.4 Å². The number of thiocarbonyl (C=S) groups is 1. The van der Waals surface area contributed by atoms with Crippen molar-refractivity contribution in [1.29, 1.82) is 0 Å². The number of nitrogens with zero attached hydrogens (tertiary/aromatic N) is 1. The van der Waals surface area contributed by atoms with E-state index in [1.807, 2.05) is 22.4 Å². The molecule has 0 unspecified atom stereocenters. The summed E-state index contributed by atoms with van der Waals surface area (Å²) in [6.45, 7) is 1.57. The molecule has 0 bridgehead atoms. The molecule has 2 amide bonds. The fourth-order valence-electron chi connectivity index (χ4n) is 2.60. The van der Waals surface area contributed by atoms with Crippen molar-refractivity contribution in [2.24, 2.45) is 0 Å².